The van der Waals surface area contributed by atoms with Gasteiger partial charge in [0.25, 0.3) is 0 Å². The van der Waals surface area contributed by atoms with Crippen molar-refractivity contribution in [1.82, 2.24) is 10.2 Å². The van der Waals surface area contributed by atoms with E-state index in [9.17, 15) is 9.59 Å². The first-order valence-electron chi connectivity index (χ1n) is 5.31. The highest BCUT2D eigenvalue weighted by Crippen LogP contribution is 2.25. The first-order valence-corrected chi connectivity index (χ1v) is 5.31. The Kier molecular flexibility index (Phi) is 3.53. The van der Waals surface area contributed by atoms with Gasteiger partial charge in [0.15, 0.2) is 0 Å². The summed E-state index contributed by atoms with van der Waals surface area (Å²) in [6, 6.07) is 1.84. The van der Waals surface area contributed by atoms with Gasteiger partial charge in [-0.15, -0.1) is 0 Å². The fourth-order valence-corrected chi connectivity index (χ4v) is 1.80. The van der Waals surface area contributed by atoms with Crippen LogP contribution in [0, 0.1) is 17.2 Å². The molecule has 16 heavy (non-hydrogen) atoms. The molecule has 0 spiro atoms. The van der Waals surface area contributed by atoms with Crippen LogP contribution < -0.4 is 5.32 Å². The van der Waals surface area contributed by atoms with Gasteiger partial charge in [-0.1, -0.05) is 0 Å². The lowest BCUT2D eigenvalue weighted by Crippen LogP contribution is -2.43. The van der Waals surface area contributed by atoms with E-state index in [0.29, 0.717) is 6.54 Å². The molecule has 1 aliphatic heterocycles. The highest BCUT2D eigenvalue weighted by molar-refractivity contribution is 5.89. The predicted octanol–water partition coefficient (Wildman–Crippen LogP) is 0.273. The number of nitrogens with one attached hydrogen (secondary N) is 1. The molecule has 0 unspecified atom stereocenters. The van der Waals surface area contributed by atoms with Crippen LogP contribution in [-0.2, 0) is 9.59 Å². The molecule has 5 heteroatoms. The fourth-order valence-electron chi connectivity index (χ4n) is 1.80. The van der Waals surface area contributed by atoms with E-state index < -0.39 is 0 Å². The monoisotopic (exact) mass is 223 g/mol. The van der Waals surface area contributed by atoms with Gasteiger partial charge in [0.1, 0.15) is 6.54 Å². The predicted molar refractivity (Wildman–Crippen MR) is 58.2 cm³/mol. The number of rotatable bonds is 2. The van der Waals surface area contributed by atoms with Crippen molar-refractivity contribution < 1.29 is 9.59 Å². The lowest BCUT2D eigenvalue weighted by molar-refractivity contribution is -0.132. The summed E-state index contributed by atoms with van der Waals surface area (Å²) >= 11 is 0. The van der Waals surface area contributed by atoms with Crippen LogP contribution in [0.4, 0.5) is 0 Å². The average Bonchev–Trinajstić information content (AvgIpc) is 2.56. The van der Waals surface area contributed by atoms with E-state index in [0.717, 1.165) is 0 Å². The average molecular weight is 223 g/mol. The van der Waals surface area contributed by atoms with Crippen LogP contribution in [0.25, 0.3) is 0 Å². The first kappa shape index (κ1) is 12.5. The van der Waals surface area contributed by atoms with Gasteiger partial charge >= 0.3 is 0 Å². The Labute approximate surface area is 95.4 Å². The largest absolute Gasteiger partial charge is 0.343 e. The highest BCUT2D eigenvalue weighted by atomic mass is 16.2. The summed E-state index contributed by atoms with van der Waals surface area (Å²) in [5.74, 6) is -0.522. The van der Waals surface area contributed by atoms with Crippen molar-refractivity contribution in [3.05, 3.63) is 0 Å². The molecular weight excluding hydrogens is 206 g/mol. The third-order valence-corrected chi connectivity index (χ3v) is 2.65. The van der Waals surface area contributed by atoms with Crippen molar-refractivity contribution in [2.24, 2.45) is 5.92 Å². The summed E-state index contributed by atoms with van der Waals surface area (Å²) in [7, 11) is 0. The van der Waals surface area contributed by atoms with E-state index in [1.807, 2.05) is 26.8 Å². The molecule has 2 amide bonds. The number of amides is 2. The van der Waals surface area contributed by atoms with Crippen molar-refractivity contribution in [1.29, 1.82) is 5.26 Å². The van der Waals surface area contributed by atoms with Crippen molar-refractivity contribution in [2.45, 2.75) is 32.7 Å². The van der Waals surface area contributed by atoms with E-state index in [2.05, 4.69) is 5.32 Å². The lowest BCUT2D eigenvalue weighted by Gasteiger charge is -2.31. The van der Waals surface area contributed by atoms with E-state index in [1.54, 1.807) is 4.90 Å². The second-order valence-corrected chi connectivity index (χ2v) is 4.95. The van der Waals surface area contributed by atoms with Crippen LogP contribution in [0.1, 0.15) is 27.2 Å². The molecule has 0 aromatic carbocycles. The molecule has 1 aliphatic rings. The van der Waals surface area contributed by atoms with E-state index in [4.69, 9.17) is 5.26 Å². The number of carbonyl (C=O) groups excluding carboxylic acids is 2. The lowest BCUT2D eigenvalue weighted by atomic mass is 10.1. The zero-order chi connectivity index (χ0) is 12.3. The Morgan fingerprint density at radius 3 is 2.69 bits per heavy atom. The molecule has 0 bridgehead atoms. The molecule has 1 saturated heterocycles. The normalized spacial score (nSPS) is 20.8. The summed E-state index contributed by atoms with van der Waals surface area (Å²) in [5, 5.41) is 10.8. The summed E-state index contributed by atoms with van der Waals surface area (Å²) in [4.78, 5) is 25.0. The summed E-state index contributed by atoms with van der Waals surface area (Å²) in [6.45, 7) is 6.28. The van der Waals surface area contributed by atoms with Gasteiger partial charge in [0.05, 0.1) is 12.0 Å². The molecule has 0 aliphatic carbocycles. The fraction of sp³-hybridized carbons (Fsp3) is 0.727. The number of carbonyl (C=O) groups is 2. The van der Waals surface area contributed by atoms with E-state index >= 15 is 0 Å². The zero-order valence-corrected chi connectivity index (χ0v) is 9.91. The van der Waals surface area contributed by atoms with Crippen molar-refractivity contribution >= 4 is 11.8 Å². The van der Waals surface area contributed by atoms with Gasteiger partial charge in [-0.2, -0.15) is 5.26 Å². The number of hydrogen-bond donors (Lipinski definition) is 1. The Balaban J connectivity index is 2.60. The molecule has 88 valence electrons. The molecule has 1 rings (SSSR count). The van der Waals surface area contributed by atoms with E-state index in [1.165, 1.54) is 0 Å². The maximum atomic E-state index is 11.7. The van der Waals surface area contributed by atoms with Crippen molar-refractivity contribution in [2.75, 3.05) is 13.1 Å². The van der Waals surface area contributed by atoms with Crippen LogP contribution in [0.15, 0.2) is 0 Å². The standard InChI is InChI=1S/C11H17N3O2/c1-11(2,3)14-7-8(6-9(14)15)10(16)13-5-4-12/h8H,5-7H2,1-3H3,(H,13,16)/t8-/m1/s1. The first-order chi connectivity index (χ1) is 7.36. The molecule has 5 nitrogen and oxygen atoms in total. The zero-order valence-electron chi connectivity index (χ0n) is 9.91. The minimum atomic E-state index is -0.319. The van der Waals surface area contributed by atoms with Gasteiger partial charge in [-0.05, 0) is 20.8 Å². The van der Waals surface area contributed by atoms with Crippen molar-refractivity contribution in [3.63, 3.8) is 0 Å². The number of likely N-dealkylation sites (tertiary alicyclic amines) is 1. The van der Waals surface area contributed by atoms with Crippen LogP contribution in [0.5, 0.6) is 0 Å². The summed E-state index contributed by atoms with van der Waals surface area (Å²) in [5.41, 5.74) is -0.249. The molecule has 1 atom stereocenters. The van der Waals surface area contributed by atoms with Crippen molar-refractivity contribution in [3.8, 4) is 6.07 Å². The second-order valence-electron chi connectivity index (χ2n) is 4.95. The molecule has 1 fully saturated rings. The SMILES string of the molecule is CC(C)(C)N1C[C@H](C(=O)NCC#N)CC1=O. The highest BCUT2D eigenvalue weighted by Gasteiger charge is 2.39. The van der Waals surface area contributed by atoms with Gasteiger partial charge in [-0.25, -0.2) is 0 Å². The number of nitrogens with zero attached hydrogens (tertiary/aromatic N) is 2. The van der Waals surface area contributed by atoms with Gasteiger partial charge < -0.3 is 10.2 Å². The summed E-state index contributed by atoms with van der Waals surface area (Å²) < 4.78 is 0. The number of hydrogen-bond acceptors (Lipinski definition) is 3. The van der Waals surface area contributed by atoms with Gasteiger partial charge in [-0.3, -0.25) is 9.59 Å². The molecule has 1 N–H and O–H groups in total. The Morgan fingerprint density at radius 2 is 2.25 bits per heavy atom. The second kappa shape index (κ2) is 4.52. The van der Waals surface area contributed by atoms with Crippen LogP contribution in [0.2, 0.25) is 0 Å². The smallest absolute Gasteiger partial charge is 0.226 e. The van der Waals surface area contributed by atoms with E-state index in [-0.39, 0.29) is 36.2 Å². The van der Waals surface area contributed by atoms with Crippen LogP contribution >= 0.6 is 0 Å². The third-order valence-electron chi connectivity index (χ3n) is 2.65. The minimum Gasteiger partial charge on any atom is -0.343 e. The third kappa shape index (κ3) is 2.72. The maximum Gasteiger partial charge on any atom is 0.226 e. The molecule has 0 aromatic rings. The molecule has 1 heterocycles. The van der Waals surface area contributed by atoms with Gasteiger partial charge in [0, 0.05) is 18.5 Å². The molecule has 0 aromatic heterocycles. The molecule has 0 saturated carbocycles. The summed E-state index contributed by atoms with van der Waals surface area (Å²) in [6.07, 6.45) is 0.245. The van der Waals surface area contributed by atoms with Crippen LogP contribution in [-0.4, -0.2) is 35.3 Å². The van der Waals surface area contributed by atoms with Crippen LogP contribution in [0.3, 0.4) is 0 Å². The quantitative estimate of drug-likeness (QED) is 0.683. The van der Waals surface area contributed by atoms with Gasteiger partial charge in [0.2, 0.25) is 11.8 Å². The minimum absolute atomic E-state index is 0.000951. The molecular formula is C11H17N3O2. The Morgan fingerprint density at radius 1 is 1.62 bits per heavy atom. The maximum absolute atomic E-state index is 11.7. The number of nitriles is 1. The Hall–Kier alpha value is -1.57. The molecule has 0 radical (unpaired) electrons. The topological polar surface area (TPSA) is 73.2 Å². The Bertz CT molecular complexity index is 338.